The molecule has 4 nitrogen and oxygen atoms in total. The van der Waals surface area contributed by atoms with Gasteiger partial charge < -0.3 is 10.3 Å². The van der Waals surface area contributed by atoms with Crippen molar-refractivity contribution in [2.24, 2.45) is 5.73 Å². The van der Waals surface area contributed by atoms with Gasteiger partial charge in [0.15, 0.2) is 0 Å². The number of aromatic nitrogens is 2. The SMILES string of the molecule is CC(Cc1cccs1)N(C)C(CN)c1cncn1C1CC1. The lowest BCUT2D eigenvalue weighted by Gasteiger charge is -2.32. The normalized spacial score (nSPS) is 18.1. The summed E-state index contributed by atoms with van der Waals surface area (Å²) in [5.74, 6) is 0. The number of hydrogen-bond donors (Lipinski definition) is 1. The van der Waals surface area contributed by atoms with Gasteiger partial charge in [-0.2, -0.15) is 0 Å². The molecule has 0 spiro atoms. The largest absolute Gasteiger partial charge is 0.330 e. The molecule has 1 aliphatic rings. The second-order valence-corrected chi connectivity index (χ2v) is 7.04. The summed E-state index contributed by atoms with van der Waals surface area (Å²) >= 11 is 1.83. The van der Waals surface area contributed by atoms with E-state index in [9.17, 15) is 0 Å². The van der Waals surface area contributed by atoms with Crippen molar-refractivity contribution in [3.63, 3.8) is 0 Å². The van der Waals surface area contributed by atoms with E-state index < -0.39 is 0 Å². The van der Waals surface area contributed by atoms with Crippen molar-refractivity contribution in [1.29, 1.82) is 0 Å². The molecule has 0 saturated heterocycles. The molecule has 2 aromatic heterocycles. The number of thiophene rings is 1. The zero-order valence-corrected chi connectivity index (χ0v) is 13.6. The Hall–Kier alpha value is -1.17. The molecule has 2 N–H and O–H groups in total. The molecule has 0 aliphatic heterocycles. The van der Waals surface area contributed by atoms with Crippen LogP contribution in [0.5, 0.6) is 0 Å². The molecule has 0 aromatic carbocycles. The number of likely N-dealkylation sites (N-methyl/N-ethyl adjacent to an activating group) is 1. The minimum absolute atomic E-state index is 0.239. The molecule has 2 atom stereocenters. The predicted octanol–water partition coefficient (Wildman–Crippen LogP) is 2.84. The van der Waals surface area contributed by atoms with Crippen molar-refractivity contribution in [2.75, 3.05) is 13.6 Å². The average Bonchev–Trinajstić information content (AvgIpc) is 2.99. The molecule has 0 bridgehead atoms. The molecule has 5 heteroatoms. The summed E-state index contributed by atoms with van der Waals surface area (Å²) in [4.78, 5) is 8.18. The van der Waals surface area contributed by atoms with E-state index in [1.54, 1.807) is 0 Å². The summed E-state index contributed by atoms with van der Waals surface area (Å²) < 4.78 is 2.33. The quantitative estimate of drug-likeness (QED) is 0.855. The first-order chi connectivity index (χ1) is 10.2. The van der Waals surface area contributed by atoms with Crippen LogP contribution in [0.3, 0.4) is 0 Å². The fourth-order valence-corrected chi connectivity index (χ4v) is 3.72. The van der Waals surface area contributed by atoms with Crippen LogP contribution >= 0.6 is 11.3 Å². The summed E-state index contributed by atoms with van der Waals surface area (Å²) in [7, 11) is 2.18. The van der Waals surface area contributed by atoms with Gasteiger partial charge in [0.25, 0.3) is 0 Å². The van der Waals surface area contributed by atoms with Crippen molar-refractivity contribution in [2.45, 2.75) is 44.3 Å². The molecular formula is C16H24N4S. The second-order valence-electron chi connectivity index (χ2n) is 6.01. The van der Waals surface area contributed by atoms with Crippen LogP contribution in [0.2, 0.25) is 0 Å². The summed E-state index contributed by atoms with van der Waals surface area (Å²) in [6.45, 7) is 2.91. The molecule has 3 rings (SSSR count). The highest BCUT2D eigenvalue weighted by Gasteiger charge is 2.30. The Kier molecular flexibility index (Phi) is 4.42. The molecule has 1 saturated carbocycles. The van der Waals surface area contributed by atoms with Crippen molar-refractivity contribution in [3.05, 3.63) is 40.6 Å². The molecule has 21 heavy (non-hydrogen) atoms. The van der Waals surface area contributed by atoms with E-state index in [2.05, 4.69) is 45.9 Å². The fraction of sp³-hybridized carbons (Fsp3) is 0.562. The molecule has 2 heterocycles. The third-order valence-corrected chi connectivity index (χ3v) is 5.36. The Balaban J connectivity index is 1.73. The molecule has 0 amide bonds. The van der Waals surface area contributed by atoms with E-state index >= 15 is 0 Å². The van der Waals surface area contributed by atoms with E-state index in [0.717, 1.165) is 6.42 Å². The predicted molar refractivity (Wildman–Crippen MR) is 87.5 cm³/mol. The van der Waals surface area contributed by atoms with Crippen LogP contribution in [-0.2, 0) is 6.42 Å². The second kappa shape index (κ2) is 6.30. The summed E-state index contributed by atoms with van der Waals surface area (Å²) in [6, 6.07) is 5.68. The minimum atomic E-state index is 0.239. The maximum Gasteiger partial charge on any atom is 0.0951 e. The maximum absolute atomic E-state index is 6.09. The third kappa shape index (κ3) is 3.20. The van der Waals surface area contributed by atoms with Crippen LogP contribution in [0.15, 0.2) is 30.0 Å². The Morgan fingerprint density at radius 3 is 2.95 bits per heavy atom. The van der Waals surface area contributed by atoms with Crippen LogP contribution < -0.4 is 5.73 Å². The Morgan fingerprint density at radius 2 is 2.33 bits per heavy atom. The molecular weight excluding hydrogens is 280 g/mol. The van der Waals surface area contributed by atoms with Gasteiger partial charge >= 0.3 is 0 Å². The maximum atomic E-state index is 6.09. The Labute approximate surface area is 130 Å². The zero-order valence-electron chi connectivity index (χ0n) is 12.8. The molecule has 1 fully saturated rings. The van der Waals surface area contributed by atoms with Crippen LogP contribution in [0.1, 0.15) is 42.4 Å². The number of hydrogen-bond acceptors (Lipinski definition) is 4. The van der Waals surface area contributed by atoms with E-state index in [1.165, 1.54) is 23.4 Å². The standard InChI is InChI=1S/C16H24N4S/c1-12(8-14-4-3-7-21-14)19(2)15(9-17)16-10-18-11-20(16)13-5-6-13/h3-4,7,10-13,15H,5-6,8-9,17H2,1-2H3. The summed E-state index contributed by atoms with van der Waals surface area (Å²) in [6.07, 6.45) is 7.57. The minimum Gasteiger partial charge on any atom is -0.330 e. The lowest BCUT2D eigenvalue weighted by Crippen LogP contribution is -2.39. The molecule has 114 valence electrons. The Bertz CT molecular complexity index is 559. The number of nitrogens with zero attached hydrogens (tertiary/aromatic N) is 3. The van der Waals surface area contributed by atoms with E-state index in [-0.39, 0.29) is 6.04 Å². The molecule has 0 radical (unpaired) electrons. The highest BCUT2D eigenvalue weighted by atomic mass is 32.1. The number of rotatable bonds is 7. The fourth-order valence-electron chi connectivity index (χ4n) is 2.90. The molecule has 1 aliphatic carbocycles. The van der Waals surface area contributed by atoms with Gasteiger partial charge in [0.05, 0.1) is 18.1 Å². The third-order valence-electron chi connectivity index (χ3n) is 4.46. The van der Waals surface area contributed by atoms with Gasteiger partial charge in [-0.3, -0.25) is 4.90 Å². The van der Waals surface area contributed by atoms with Crippen LogP contribution in [0.25, 0.3) is 0 Å². The molecule has 2 unspecified atom stereocenters. The van der Waals surface area contributed by atoms with Gasteiger partial charge in [-0.25, -0.2) is 4.98 Å². The van der Waals surface area contributed by atoms with Crippen LogP contribution in [-0.4, -0.2) is 34.1 Å². The van der Waals surface area contributed by atoms with E-state index in [4.69, 9.17) is 5.73 Å². The number of imidazole rings is 1. The van der Waals surface area contributed by atoms with Gasteiger partial charge in [-0.15, -0.1) is 11.3 Å². The topological polar surface area (TPSA) is 47.1 Å². The highest BCUT2D eigenvalue weighted by molar-refractivity contribution is 7.09. The van der Waals surface area contributed by atoms with Gasteiger partial charge in [0.1, 0.15) is 0 Å². The van der Waals surface area contributed by atoms with Gasteiger partial charge in [-0.1, -0.05) is 6.07 Å². The highest BCUT2D eigenvalue weighted by Crippen LogP contribution is 2.37. The first kappa shape index (κ1) is 14.8. The van der Waals surface area contributed by atoms with E-state index in [0.29, 0.717) is 18.6 Å². The zero-order chi connectivity index (χ0) is 14.8. The van der Waals surface area contributed by atoms with Crippen LogP contribution in [0.4, 0.5) is 0 Å². The summed E-state index contributed by atoms with van der Waals surface area (Å²) in [5.41, 5.74) is 7.35. The first-order valence-electron chi connectivity index (χ1n) is 7.66. The van der Waals surface area contributed by atoms with E-state index in [1.807, 2.05) is 23.9 Å². The van der Waals surface area contributed by atoms with Crippen molar-refractivity contribution in [3.8, 4) is 0 Å². The van der Waals surface area contributed by atoms with Crippen molar-refractivity contribution < 1.29 is 0 Å². The lowest BCUT2D eigenvalue weighted by molar-refractivity contribution is 0.181. The Morgan fingerprint density at radius 1 is 1.52 bits per heavy atom. The number of nitrogens with two attached hydrogens (primary N) is 1. The average molecular weight is 304 g/mol. The monoisotopic (exact) mass is 304 g/mol. The lowest BCUT2D eigenvalue weighted by atomic mass is 10.1. The summed E-state index contributed by atoms with van der Waals surface area (Å²) in [5, 5.41) is 2.14. The first-order valence-corrected chi connectivity index (χ1v) is 8.54. The van der Waals surface area contributed by atoms with Crippen molar-refractivity contribution >= 4 is 11.3 Å². The molecule has 2 aromatic rings. The van der Waals surface area contributed by atoms with Gasteiger partial charge in [0, 0.05) is 29.7 Å². The van der Waals surface area contributed by atoms with Gasteiger partial charge in [0.2, 0.25) is 0 Å². The van der Waals surface area contributed by atoms with Crippen LogP contribution in [0, 0.1) is 0 Å². The van der Waals surface area contributed by atoms with Gasteiger partial charge in [-0.05, 0) is 44.7 Å². The smallest absolute Gasteiger partial charge is 0.0951 e. The van der Waals surface area contributed by atoms with Crippen molar-refractivity contribution in [1.82, 2.24) is 14.5 Å².